The molecule has 0 aliphatic rings. The van der Waals surface area contributed by atoms with Crippen molar-refractivity contribution in [1.29, 1.82) is 0 Å². The number of thiazole rings is 1. The van der Waals surface area contributed by atoms with E-state index in [0.29, 0.717) is 6.54 Å². The number of nitrogens with two attached hydrogens (primary N) is 1. The van der Waals surface area contributed by atoms with Crippen LogP contribution in [0.1, 0.15) is 21.6 Å². The minimum Gasteiger partial charge on any atom is -0.329 e. The summed E-state index contributed by atoms with van der Waals surface area (Å²) in [5, 5.41) is 3.20. The topological polar surface area (TPSA) is 42.2 Å². The predicted octanol–water partition coefficient (Wildman–Crippen LogP) is 3.30. The van der Waals surface area contributed by atoms with Gasteiger partial charge in [-0.2, -0.15) is 0 Å². The van der Waals surface area contributed by atoms with Crippen molar-refractivity contribution in [3.05, 3.63) is 37.4 Å². The first-order valence-electron chi connectivity index (χ1n) is 5.66. The van der Waals surface area contributed by atoms with Crippen molar-refractivity contribution in [3.63, 3.8) is 0 Å². The summed E-state index contributed by atoms with van der Waals surface area (Å²) in [6.45, 7) is 3.41. The second-order valence-corrected chi connectivity index (χ2v) is 6.98. The third kappa shape index (κ3) is 3.30. The van der Waals surface area contributed by atoms with Crippen molar-refractivity contribution in [3.8, 4) is 0 Å². The summed E-state index contributed by atoms with van der Waals surface area (Å²) in [7, 11) is 2.07. The van der Waals surface area contributed by atoms with Crippen molar-refractivity contribution in [2.24, 2.45) is 5.73 Å². The van der Waals surface area contributed by atoms with Gasteiger partial charge in [0.2, 0.25) is 0 Å². The fourth-order valence-electron chi connectivity index (χ4n) is 1.87. The SMILES string of the molecule is Cc1nc(CN(C)C(CN)c2ccc(Cl)s2)cs1. The molecule has 0 aromatic carbocycles. The lowest BCUT2D eigenvalue weighted by Crippen LogP contribution is -2.29. The average molecular weight is 302 g/mol. The molecule has 0 bridgehead atoms. The minimum atomic E-state index is 0.199. The molecule has 0 saturated heterocycles. The lowest BCUT2D eigenvalue weighted by Gasteiger charge is -2.25. The van der Waals surface area contributed by atoms with Crippen LogP contribution in [0.25, 0.3) is 0 Å². The van der Waals surface area contributed by atoms with E-state index in [4.69, 9.17) is 17.3 Å². The molecule has 0 saturated carbocycles. The zero-order valence-electron chi connectivity index (χ0n) is 10.4. The van der Waals surface area contributed by atoms with Crippen LogP contribution < -0.4 is 5.73 Å². The molecule has 0 amide bonds. The Balaban J connectivity index is 2.08. The number of hydrogen-bond acceptors (Lipinski definition) is 5. The van der Waals surface area contributed by atoms with E-state index in [1.54, 1.807) is 22.7 Å². The standard InChI is InChI=1S/C12H16ClN3S2/c1-8-15-9(7-17-8)6-16(2)10(5-14)11-3-4-12(13)18-11/h3-4,7,10H,5-6,14H2,1-2H3. The van der Waals surface area contributed by atoms with Gasteiger partial charge in [-0.15, -0.1) is 22.7 Å². The number of halogens is 1. The molecule has 2 heterocycles. The summed E-state index contributed by atoms with van der Waals surface area (Å²) >= 11 is 9.25. The fourth-order valence-corrected chi connectivity index (χ4v) is 3.71. The maximum atomic E-state index is 5.98. The number of thiophene rings is 1. The molecule has 0 spiro atoms. The van der Waals surface area contributed by atoms with Crippen LogP contribution in [0.4, 0.5) is 0 Å². The zero-order valence-corrected chi connectivity index (χ0v) is 12.8. The van der Waals surface area contributed by atoms with Crippen LogP contribution in [0.2, 0.25) is 4.34 Å². The van der Waals surface area contributed by atoms with Crippen molar-refractivity contribution < 1.29 is 0 Å². The molecule has 2 rings (SSSR count). The number of nitrogens with zero attached hydrogens (tertiary/aromatic N) is 2. The van der Waals surface area contributed by atoms with E-state index in [0.717, 1.165) is 21.6 Å². The number of hydrogen-bond donors (Lipinski definition) is 1. The van der Waals surface area contributed by atoms with Gasteiger partial charge in [0.15, 0.2) is 0 Å². The van der Waals surface area contributed by atoms with E-state index in [1.165, 1.54) is 4.88 Å². The molecule has 98 valence electrons. The number of likely N-dealkylation sites (N-methyl/N-ethyl adjacent to an activating group) is 1. The third-order valence-corrected chi connectivity index (χ3v) is 4.91. The second-order valence-electron chi connectivity index (χ2n) is 4.17. The molecule has 6 heteroatoms. The van der Waals surface area contributed by atoms with Gasteiger partial charge in [0.05, 0.1) is 21.1 Å². The van der Waals surface area contributed by atoms with Crippen LogP contribution in [0.5, 0.6) is 0 Å². The first-order valence-corrected chi connectivity index (χ1v) is 7.74. The van der Waals surface area contributed by atoms with Crippen LogP contribution in [0.15, 0.2) is 17.5 Å². The maximum Gasteiger partial charge on any atom is 0.0931 e. The van der Waals surface area contributed by atoms with Crippen molar-refractivity contribution in [1.82, 2.24) is 9.88 Å². The summed E-state index contributed by atoms with van der Waals surface area (Å²) in [5.74, 6) is 0. The molecule has 3 nitrogen and oxygen atoms in total. The van der Waals surface area contributed by atoms with Gasteiger partial charge in [-0.3, -0.25) is 4.90 Å². The summed E-state index contributed by atoms with van der Waals surface area (Å²) in [6.07, 6.45) is 0. The van der Waals surface area contributed by atoms with E-state index in [1.807, 2.05) is 19.1 Å². The molecule has 0 radical (unpaired) electrons. The van der Waals surface area contributed by atoms with Gasteiger partial charge in [-0.25, -0.2) is 4.98 Å². The van der Waals surface area contributed by atoms with Gasteiger partial charge < -0.3 is 5.73 Å². The molecule has 2 aromatic rings. The quantitative estimate of drug-likeness (QED) is 0.921. The Labute approximate surface area is 120 Å². The molecule has 0 aliphatic heterocycles. The largest absolute Gasteiger partial charge is 0.329 e. The molecule has 0 fully saturated rings. The normalized spacial score (nSPS) is 13.2. The van der Waals surface area contributed by atoms with Crippen molar-refractivity contribution in [2.45, 2.75) is 19.5 Å². The molecular formula is C12H16ClN3S2. The number of rotatable bonds is 5. The van der Waals surface area contributed by atoms with E-state index in [9.17, 15) is 0 Å². The first kappa shape index (κ1) is 14.0. The summed E-state index contributed by atoms with van der Waals surface area (Å²) in [6, 6.07) is 4.17. The number of aryl methyl sites for hydroxylation is 1. The van der Waals surface area contributed by atoms with Gasteiger partial charge >= 0.3 is 0 Å². The maximum absolute atomic E-state index is 5.98. The van der Waals surface area contributed by atoms with Crippen LogP contribution in [-0.2, 0) is 6.54 Å². The Kier molecular flexibility index (Phi) is 4.75. The Morgan fingerprint density at radius 3 is 2.78 bits per heavy atom. The fraction of sp³-hybridized carbons (Fsp3) is 0.417. The Hall–Kier alpha value is -0.460. The molecule has 1 unspecified atom stereocenters. The number of aromatic nitrogens is 1. The van der Waals surface area contributed by atoms with Gasteiger partial charge in [-0.1, -0.05) is 11.6 Å². The van der Waals surface area contributed by atoms with E-state index in [2.05, 4.69) is 22.3 Å². The Morgan fingerprint density at radius 1 is 1.50 bits per heavy atom. The van der Waals surface area contributed by atoms with Crippen LogP contribution in [0.3, 0.4) is 0 Å². The van der Waals surface area contributed by atoms with Gasteiger partial charge in [0.25, 0.3) is 0 Å². The highest BCUT2D eigenvalue weighted by molar-refractivity contribution is 7.16. The Morgan fingerprint density at radius 2 is 2.28 bits per heavy atom. The second kappa shape index (κ2) is 6.12. The van der Waals surface area contributed by atoms with Crippen molar-refractivity contribution in [2.75, 3.05) is 13.6 Å². The average Bonchev–Trinajstić information content (AvgIpc) is 2.89. The molecule has 18 heavy (non-hydrogen) atoms. The molecule has 2 aromatic heterocycles. The van der Waals surface area contributed by atoms with Crippen LogP contribution in [-0.4, -0.2) is 23.5 Å². The predicted molar refractivity (Wildman–Crippen MR) is 79.4 cm³/mol. The minimum absolute atomic E-state index is 0.199. The highest BCUT2D eigenvalue weighted by Gasteiger charge is 2.18. The van der Waals surface area contributed by atoms with Crippen LogP contribution in [0, 0.1) is 6.92 Å². The molecule has 2 N–H and O–H groups in total. The van der Waals surface area contributed by atoms with Gasteiger partial charge in [0, 0.05) is 23.3 Å². The summed E-state index contributed by atoms with van der Waals surface area (Å²) in [5.41, 5.74) is 6.98. The molecule has 1 atom stereocenters. The highest BCUT2D eigenvalue weighted by Crippen LogP contribution is 2.30. The Bertz CT molecular complexity index is 509. The molecular weight excluding hydrogens is 286 g/mol. The first-order chi connectivity index (χ1) is 8.60. The zero-order chi connectivity index (χ0) is 13.1. The lowest BCUT2D eigenvalue weighted by atomic mass is 10.2. The van der Waals surface area contributed by atoms with E-state index in [-0.39, 0.29) is 6.04 Å². The lowest BCUT2D eigenvalue weighted by molar-refractivity contribution is 0.243. The van der Waals surface area contributed by atoms with Gasteiger partial charge in [-0.05, 0) is 26.1 Å². The highest BCUT2D eigenvalue weighted by atomic mass is 35.5. The van der Waals surface area contributed by atoms with E-state index >= 15 is 0 Å². The van der Waals surface area contributed by atoms with Crippen molar-refractivity contribution >= 4 is 34.3 Å². The third-order valence-electron chi connectivity index (χ3n) is 2.76. The monoisotopic (exact) mass is 301 g/mol. The summed E-state index contributed by atoms with van der Waals surface area (Å²) < 4.78 is 0.807. The smallest absolute Gasteiger partial charge is 0.0931 e. The van der Waals surface area contributed by atoms with Gasteiger partial charge in [0.1, 0.15) is 0 Å². The van der Waals surface area contributed by atoms with Crippen LogP contribution >= 0.6 is 34.3 Å². The molecule has 0 aliphatic carbocycles. The summed E-state index contributed by atoms with van der Waals surface area (Å²) in [4.78, 5) is 7.90. The van der Waals surface area contributed by atoms with E-state index < -0.39 is 0 Å².